The van der Waals surface area contributed by atoms with Crippen LogP contribution in [0.4, 0.5) is 4.79 Å². The molecule has 2 atom stereocenters. The van der Waals surface area contributed by atoms with E-state index in [0.29, 0.717) is 18.6 Å². The molecule has 0 bridgehead atoms. The van der Waals surface area contributed by atoms with Crippen molar-refractivity contribution in [3.63, 3.8) is 0 Å². The Hall–Kier alpha value is -1.75. The van der Waals surface area contributed by atoms with E-state index in [2.05, 4.69) is 24.0 Å². The molecule has 3 rings (SSSR count). The summed E-state index contributed by atoms with van der Waals surface area (Å²) in [6.45, 7) is 6.26. The summed E-state index contributed by atoms with van der Waals surface area (Å²) in [4.78, 5) is 15.8. The number of amides is 1. The lowest BCUT2D eigenvalue weighted by Crippen LogP contribution is -2.37. The maximum Gasteiger partial charge on any atom is 0.409 e. The predicted octanol–water partition coefficient (Wildman–Crippen LogP) is 2.33. The Labute approximate surface area is 131 Å². The fourth-order valence-electron chi connectivity index (χ4n) is 3.41. The van der Waals surface area contributed by atoms with Gasteiger partial charge in [0.05, 0.1) is 13.7 Å². The largest absolute Gasteiger partial charge is 0.497 e. The second-order valence-electron chi connectivity index (χ2n) is 6.15. The molecule has 0 aliphatic carbocycles. The highest BCUT2D eigenvalue weighted by molar-refractivity contribution is 5.69. The van der Waals surface area contributed by atoms with Gasteiger partial charge in [0, 0.05) is 25.7 Å². The van der Waals surface area contributed by atoms with Gasteiger partial charge >= 0.3 is 6.09 Å². The summed E-state index contributed by atoms with van der Waals surface area (Å²) >= 11 is 0. The molecule has 5 heteroatoms. The van der Waals surface area contributed by atoms with Gasteiger partial charge in [0.15, 0.2) is 0 Å². The van der Waals surface area contributed by atoms with Crippen LogP contribution >= 0.6 is 0 Å². The molecule has 0 aromatic heterocycles. The molecule has 2 aliphatic heterocycles. The van der Waals surface area contributed by atoms with E-state index in [4.69, 9.17) is 9.47 Å². The van der Waals surface area contributed by atoms with Crippen molar-refractivity contribution in [1.29, 1.82) is 0 Å². The maximum atomic E-state index is 11.5. The number of cyclic esters (lactones) is 1. The normalized spacial score (nSPS) is 25.5. The van der Waals surface area contributed by atoms with Gasteiger partial charge in [0.25, 0.3) is 0 Å². The van der Waals surface area contributed by atoms with Gasteiger partial charge < -0.3 is 14.4 Å². The van der Waals surface area contributed by atoms with E-state index in [9.17, 15) is 4.79 Å². The van der Waals surface area contributed by atoms with E-state index in [0.717, 1.165) is 38.3 Å². The van der Waals surface area contributed by atoms with Gasteiger partial charge in [-0.15, -0.1) is 0 Å². The number of ether oxygens (including phenoxy) is 2. The highest BCUT2D eigenvalue weighted by Crippen LogP contribution is 2.32. The van der Waals surface area contributed by atoms with Crippen molar-refractivity contribution in [3.8, 4) is 5.75 Å². The van der Waals surface area contributed by atoms with E-state index in [1.807, 2.05) is 12.1 Å². The summed E-state index contributed by atoms with van der Waals surface area (Å²) in [6, 6.07) is 8.94. The van der Waals surface area contributed by atoms with Gasteiger partial charge in [0.1, 0.15) is 12.4 Å². The second-order valence-corrected chi connectivity index (χ2v) is 6.15. The van der Waals surface area contributed by atoms with Gasteiger partial charge in [-0.05, 0) is 37.0 Å². The average molecular weight is 304 g/mol. The monoisotopic (exact) mass is 304 g/mol. The van der Waals surface area contributed by atoms with E-state index in [-0.39, 0.29) is 6.09 Å². The number of benzene rings is 1. The van der Waals surface area contributed by atoms with Crippen molar-refractivity contribution in [2.45, 2.75) is 25.3 Å². The van der Waals surface area contributed by atoms with Gasteiger partial charge in [-0.25, -0.2) is 4.79 Å². The first-order valence-electron chi connectivity index (χ1n) is 7.97. The van der Waals surface area contributed by atoms with E-state index in [1.165, 1.54) is 5.56 Å². The van der Waals surface area contributed by atoms with Gasteiger partial charge in [-0.1, -0.05) is 12.1 Å². The van der Waals surface area contributed by atoms with E-state index >= 15 is 0 Å². The molecule has 22 heavy (non-hydrogen) atoms. The highest BCUT2D eigenvalue weighted by atomic mass is 16.6. The van der Waals surface area contributed by atoms with Crippen LogP contribution in [0.1, 0.15) is 24.8 Å². The Morgan fingerprint density at radius 2 is 2.05 bits per heavy atom. The van der Waals surface area contributed by atoms with Crippen molar-refractivity contribution in [2.24, 2.45) is 0 Å². The standard InChI is InChI=1S/C17H24N2O3/c1-13-11-15(14-3-5-16(21-2)6-4-14)12-19(13)8-7-18-9-10-22-17(18)20/h3-6,13,15H,7-12H2,1-2H3/t13-,15-/m1/s1. The highest BCUT2D eigenvalue weighted by Gasteiger charge is 2.31. The molecule has 1 aromatic rings. The predicted molar refractivity (Wildman–Crippen MR) is 84.3 cm³/mol. The van der Waals surface area contributed by atoms with Crippen LogP contribution in [0.3, 0.4) is 0 Å². The molecule has 0 spiro atoms. The first-order chi connectivity index (χ1) is 10.7. The van der Waals surface area contributed by atoms with Crippen LogP contribution in [0.2, 0.25) is 0 Å². The van der Waals surface area contributed by atoms with Gasteiger partial charge in [0.2, 0.25) is 0 Å². The van der Waals surface area contributed by atoms with Crippen molar-refractivity contribution in [1.82, 2.24) is 9.80 Å². The van der Waals surface area contributed by atoms with Crippen LogP contribution in [0.5, 0.6) is 5.75 Å². The molecule has 0 radical (unpaired) electrons. The lowest BCUT2D eigenvalue weighted by molar-refractivity contribution is 0.152. The third-order valence-electron chi connectivity index (χ3n) is 4.79. The molecule has 2 saturated heterocycles. The number of rotatable bonds is 5. The SMILES string of the molecule is COc1ccc([C@@H]2C[C@@H](C)N(CCN3CCOC3=O)C2)cc1. The van der Waals surface area contributed by atoms with Crippen LogP contribution in [-0.4, -0.2) is 61.8 Å². The zero-order chi connectivity index (χ0) is 15.5. The number of hydrogen-bond donors (Lipinski definition) is 0. The van der Waals surface area contributed by atoms with Crippen LogP contribution < -0.4 is 4.74 Å². The molecule has 120 valence electrons. The minimum Gasteiger partial charge on any atom is -0.497 e. The van der Waals surface area contributed by atoms with Crippen LogP contribution in [0, 0.1) is 0 Å². The summed E-state index contributed by atoms with van der Waals surface area (Å²) in [5, 5.41) is 0. The molecular formula is C17H24N2O3. The zero-order valence-electron chi connectivity index (χ0n) is 13.3. The molecular weight excluding hydrogens is 280 g/mol. The van der Waals surface area contributed by atoms with Crippen molar-refractivity contribution >= 4 is 6.09 Å². The molecule has 2 heterocycles. The molecule has 2 aliphatic rings. The Balaban J connectivity index is 1.55. The zero-order valence-corrected chi connectivity index (χ0v) is 13.3. The third kappa shape index (κ3) is 3.19. The Bertz CT molecular complexity index is 517. The first kappa shape index (κ1) is 15.2. The summed E-state index contributed by atoms with van der Waals surface area (Å²) in [7, 11) is 1.69. The number of carbonyl (C=O) groups excluding carboxylic acids is 1. The molecule has 1 aromatic carbocycles. The van der Waals surface area contributed by atoms with Crippen LogP contribution in [0.15, 0.2) is 24.3 Å². The molecule has 0 saturated carbocycles. The number of methoxy groups -OCH3 is 1. The van der Waals surface area contributed by atoms with E-state index < -0.39 is 0 Å². The van der Waals surface area contributed by atoms with Crippen LogP contribution in [-0.2, 0) is 4.74 Å². The fourth-order valence-corrected chi connectivity index (χ4v) is 3.41. The summed E-state index contributed by atoms with van der Waals surface area (Å²) < 4.78 is 10.2. The lowest BCUT2D eigenvalue weighted by atomic mass is 9.97. The molecule has 0 N–H and O–H groups in total. The Morgan fingerprint density at radius 1 is 1.27 bits per heavy atom. The third-order valence-corrected chi connectivity index (χ3v) is 4.79. The Morgan fingerprint density at radius 3 is 2.68 bits per heavy atom. The summed E-state index contributed by atoms with van der Waals surface area (Å²) in [5.74, 6) is 1.46. The van der Waals surface area contributed by atoms with Gasteiger partial charge in [-0.2, -0.15) is 0 Å². The molecule has 5 nitrogen and oxygen atoms in total. The van der Waals surface area contributed by atoms with Crippen LogP contribution in [0.25, 0.3) is 0 Å². The lowest BCUT2D eigenvalue weighted by Gasteiger charge is -2.23. The summed E-state index contributed by atoms with van der Waals surface area (Å²) in [5.41, 5.74) is 1.37. The topological polar surface area (TPSA) is 42.0 Å². The number of hydrogen-bond acceptors (Lipinski definition) is 4. The number of carbonyl (C=O) groups is 1. The van der Waals surface area contributed by atoms with Crippen molar-refractivity contribution in [2.75, 3.05) is 39.9 Å². The number of likely N-dealkylation sites (tertiary alicyclic amines) is 1. The molecule has 0 unspecified atom stereocenters. The van der Waals surface area contributed by atoms with Crippen molar-refractivity contribution < 1.29 is 14.3 Å². The molecule has 1 amide bonds. The quantitative estimate of drug-likeness (QED) is 0.837. The first-order valence-corrected chi connectivity index (χ1v) is 7.97. The van der Waals surface area contributed by atoms with Crippen molar-refractivity contribution in [3.05, 3.63) is 29.8 Å². The van der Waals surface area contributed by atoms with E-state index in [1.54, 1.807) is 12.0 Å². The second kappa shape index (κ2) is 6.57. The van der Waals surface area contributed by atoms with Gasteiger partial charge in [-0.3, -0.25) is 4.90 Å². The number of nitrogens with zero attached hydrogens (tertiary/aromatic N) is 2. The maximum absolute atomic E-state index is 11.5. The average Bonchev–Trinajstić information content (AvgIpc) is 3.11. The minimum atomic E-state index is -0.168. The Kier molecular flexibility index (Phi) is 4.52. The molecule has 2 fully saturated rings. The summed E-state index contributed by atoms with van der Waals surface area (Å²) in [6.07, 6.45) is 0.995. The fraction of sp³-hybridized carbons (Fsp3) is 0.588. The smallest absolute Gasteiger partial charge is 0.409 e. The minimum absolute atomic E-state index is 0.168.